The van der Waals surface area contributed by atoms with Gasteiger partial charge in [0.15, 0.2) is 11.6 Å². The molecular formula is C15H18F2N4O. The molecule has 0 aliphatic heterocycles. The number of carbonyl (C=O) groups is 1. The van der Waals surface area contributed by atoms with Crippen LogP contribution in [-0.4, -0.2) is 16.2 Å². The van der Waals surface area contributed by atoms with Crippen molar-refractivity contribution in [2.24, 2.45) is 0 Å². The molecule has 7 heteroatoms. The second kappa shape index (κ2) is 7.02. The van der Waals surface area contributed by atoms with Crippen LogP contribution in [-0.2, 0) is 13.0 Å². The van der Waals surface area contributed by atoms with Gasteiger partial charge in [-0.3, -0.25) is 5.10 Å². The first-order valence-corrected chi connectivity index (χ1v) is 7.02. The zero-order valence-electron chi connectivity index (χ0n) is 12.4. The van der Waals surface area contributed by atoms with Crippen LogP contribution in [0.3, 0.4) is 0 Å². The zero-order chi connectivity index (χ0) is 16.1. The molecule has 0 saturated heterocycles. The van der Waals surface area contributed by atoms with Gasteiger partial charge >= 0.3 is 6.03 Å². The minimum atomic E-state index is -0.934. The second-order valence-corrected chi connectivity index (χ2v) is 4.96. The van der Waals surface area contributed by atoms with Crippen molar-refractivity contribution in [3.8, 4) is 0 Å². The van der Waals surface area contributed by atoms with Crippen LogP contribution in [0.4, 0.5) is 13.6 Å². The Kier molecular flexibility index (Phi) is 5.08. The summed E-state index contributed by atoms with van der Waals surface area (Å²) in [5.74, 6) is -1.84. The topological polar surface area (TPSA) is 69.8 Å². The number of aryl methyl sites for hydroxylation is 1. The molecule has 1 atom stereocenters. The van der Waals surface area contributed by atoms with Crippen LogP contribution < -0.4 is 10.6 Å². The van der Waals surface area contributed by atoms with Crippen LogP contribution in [0.25, 0.3) is 0 Å². The Labute approximate surface area is 127 Å². The van der Waals surface area contributed by atoms with Gasteiger partial charge < -0.3 is 10.6 Å². The molecule has 1 aromatic carbocycles. The van der Waals surface area contributed by atoms with Gasteiger partial charge in [-0.15, -0.1) is 0 Å². The van der Waals surface area contributed by atoms with Gasteiger partial charge in [-0.25, -0.2) is 13.6 Å². The van der Waals surface area contributed by atoms with E-state index in [1.165, 1.54) is 6.07 Å². The molecular weight excluding hydrogens is 290 g/mol. The lowest BCUT2D eigenvalue weighted by Crippen LogP contribution is -2.36. The number of hydrogen-bond donors (Lipinski definition) is 3. The van der Waals surface area contributed by atoms with Crippen molar-refractivity contribution in [1.82, 2.24) is 20.8 Å². The van der Waals surface area contributed by atoms with E-state index in [1.54, 1.807) is 6.92 Å². The maximum Gasteiger partial charge on any atom is 0.315 e. The van der Waals surface area contributed by atoms with E-state index >= 15 is 0 Å². The molecule has 0 fully saturated rings. The van der Waals surface area contributed by atoms with E-state index in [0.717, 1.165) is 29.9 Å². The number of aromatic nitrogens is 2. The largest absolute Gasteiger partial charge is 0.333 e. The highest BCUT2D eigenvalue weighted by Crippen LogP contribution is 2.15. The van der Waals surface area contributed by atoms with Crippen LogP contribution in [0, 0.1) is 11.6 Å². The first-order chi connectivity index (χ1) is 10.5. The van der Waals surface area contributed by atoms with Gasteiger partial charge in [0.1, 0.15) is 0 Å². The summed E-state index contributed by atoms with van der Waals surface area (Å²) in [7, 11) is 0. The Balaban J connectivity index is 1.86. The fraction of sp³-hybridized carbons (Fsp3) is 0.333. The SMILES string of the molecule is CCc1cc(CNC(=O)NC(C)c2ccc(F)c(F)c2)[nH]n1. The molecule has 3 N–H and O–H groups in total. The molecule has 0 radical (unpaired) electrons. The van der Waals surface area contributed by atoms with Crippen LogP contribution in [0.2, 0.25) is 0 Å². The number of nitrogens with one attached hydrogen (secondary N) is 3. The van der Waals surface area contributed by atoms with Crippen LogP contribution in [0.5, 0.6) is 0 Å². The average Bonchev–Trinajstić information content (AvgIpc) is 2.96. The number of carbonyl (C=O) groups excluding carboxylic acids is 1. The maximum atomic E-state index is 13.2. The number of benzene rings is 1. The number of aromatic amines is 1. The predicted octanol–water partition coefficient (Wildman–Crippen LogP) is 2.81. The molecule has 0 saturated carbocycles. The molecule has 0 bridgehead atoms. The summed E-state index contributed by atoms with van der Waals surface area (Å²) in [5, 5.41) is 12.2. The molecule has 2 amide bonds. The summed E-state index contributed by atoms with van der Waals surface area (Å²) >= 11 is 0. The number of hydrogen-bond acceptors (Lipinski definition) is 2. The highest BCUT2D eigenvalue weighted by molar-refractivity contribution is 5.74. The molecule has 22 heavy (non-hydrogen) atoms. The Morgan fingerprint density at radius 2 is 2.09 bits per heavy atom. The van der Waals surface area contributed by atoms with Crippen molar-refractivity contribution < 1.29 is 13.6 Å². The molecule has 118 valence electrons. The van der Waals surface area contributed by atoms with Gasteiger partial charge in [0, 0.05) is 0 Å². The first kappa shape index (κ1) is 15.9. The normalized spacial score (nSPS) is 12.0. The zero-order valence-corrected chi connectivity index (χ0v) is 12.4. The van der Waals surface area contributed by atoms with Crippen LogP contribution in [0.15, 0.2) is 24.3 Å². The van der Waals surface area contributed by atoms with E-state index in [4.69, 9.17) is 0 Å². The second-order valence-electron chi connectivity index (χ2n) is 4.96. The van der Waals surface area contributed by atoms with Crippen LogP contribution in [0.1, 0.15) is 36.8 Å². The Morgan fingerprint density at radius 3 is 2.73 bits per heavy atom. The molecule has 0 aliphatic rings. The summed E-state index contributed by atoms with van der Waals surface area (Å²) < 4.78 is 26.0. The number of halogens is 2. The Bertz CT molecular complexity index is 657. The number of nitrogens with zero attached hydrogens (tertiary/aromatic N) is 1. The molecule has 1 unspecified atom stereocenters. The summed E-state index contributed by atoms with van der Waals surface area (Å²) in [6.07, 6.45) is 0.815. The third-order valence-corrected chi connectivity index (χ3v) is 3.28. The minimum absolute atomic E-state index is 0.309. The molecule has 0 aliphatic carbocycles. The summed E-state index contributed by atoms with van der Waals surface area (Å²) in [4.78, 5) is 11.8. The van der Waals surface area contributed by atoms with Crippen molar-refractivity contribution in [1.29, 1.82) is 0 Å². The molecule has 2 aromatic rings. The highest BCUT2D eigenvalue weighted by atomic mass is 19.2. The fourth-order valence-corrected chi connectivity index (χ4v) is 1.97. The van der Waals surface area contributed by atoms with Crippen molar-refractivity contribution in [3.05, 3.63) is 52.9 Å². The fourth-order valence-electron chi connectivity index (χ4n) is 1.97. The van der Waals surface area contributed by atoms with Crippen molar-refractivity contribution in [3.63, 3.8) is 0 Å². The standard InChI is InChI=1S/C15H18F2N4O/c1-3-11-7-12(21-20-11)8-18-15(22)19-9(2)10-4-5-13(16)14(17)6-10/h4-7,9H,3,8H2,1-2H3,(H,20,21)(H2,18,19,22). The van der Waals surface area contributed by atoms with Crippen molar-refractivity contribution in [2.75, 3.05) is 0 Å². The third kappa shape index (κ3) is 4.03. The lowest BCUT2D eigenvalue weighted by atomic mass is 10.1. The van der Waals surface area contributed by atoms with E-state index < -0.39 is 23.7 Å². The lowest BCUT2D eigenvalue weighted by Gasteiger charge is -2.15. The number of amides is 2. The molecule has 0 spiro atoms. The molecule has 2 rings (SSSR count). The van der Waals surface area contributed by atoms with Gasteiger partial charge in [0.05, 0.1) is 24.0 Å². The minimum Gasteiger partial charge on any atom is -0.333 e. The molecule has 1 heterocycles. The van der Waals surface area contributed by atoms with Gasteiger partial charge in [-0.2, -0.15) is 5.10 Å². The number of rotatable bonds is 5. The monoisotopic (exact) mass is 308 g/mol. The quantitative estimate of drug-likeness (QED) is 0.795. The first-order valence-electron chi connectivity index (χ1n) is 7.02. The number of urea groups is 1. The summed E-state index contributed by atoms with van der Waals surface area (Å²) in [5.41, 5.74) is 2.21. The van der Waals surface area contributed by atoms with Crippen molar-refractivity contribution in [2.45, 2.75) is 32.9 Å². The lowest BCUT2D eigenvalue weighted by molar-refractivity contribution is 0.237. The van der Waals surface area contributed by atoms with Crippen molar-refractivity contribution >= 4 is 6.03 Å². The highest BCUT2D eigenvalue weighted by Gasteiger charge is 2.12. The van der Waals surface area contributed by atoms with E-state index in [0.29, 0.717) is 12.1 Å². The van der Waals surface area contributed by atoms with Gasteiger partial charge in [-0.05, 0) is 37.1 Å². The van der Waals surface area contributed by atoms with Gasteiger partial charge in [0.25, 0.3) is 0 Å². The smallest absolute Gasteiger partial charge is 0.315 e. The number of H-pyrrole nitrogens is 1. The van der Waals surface area contributed by atoms with E-state index in [-0.39, 0.29) is 0 Å². The third-order valence-electron chi connectivity index (χ3n) is 3.28. The Hall–Kier alpha value is -2.44. The van der Waals surface area contributed by atoms with E-state index in [2.05, 4.69) is 20.8 Å². The van der Waals surface area contributed by atoms with Crippen LogP contribution >= 0.6 is 0 Å². The maximum absolute atomic E-state index is 13.2. The predicted molar refractivity (Wildman–Crippen MR) is 78.1 cm³/mol. The van der Waals surface area contributed by atoms with E-state index in [9.17, 15) is 13.6 Å². The van der Waals surface area contributed by atoms with Gasteiger partial charge in [0.2, 0.25) is 0 Å². The molecule has 5 nitrogen and oxygen atoms in total. The summed E-state index contributed by atoms with van der Waals surface area (Å²) in [6.45, 7) is 3.99. The van der Waals surface area contributed by atoms with E-state index in [1.807, 2.05) is 13.0 Å². The molecule has 1 aromatic heterocycles. The Morgan fingerprint density at radius 1 is 1.32 bits per heavy atom. The average molecular weight is 308 g/mol. The summed E-state index contributed by atoms with van der Waals surface area (Å²) in [6, 6.07) is 4.58. The van der Waals surface area contributed by atoms with Gasteiger partial charge in [-0.1, -0.05) is 13.0 Å².